The molecule has 0 saturated carbocycles. The van der Waals surface area contributed by atoms with Gasteiger partial charge in [0.05, 0.1) is 5.60 Å². The normalized spacial score (nSPS) is 11.9. The van der Waals surface area contributed by atoms with Crippen molar-refractivity contribution in [2.75, 3.05) is 19.7 Å². The third kappa shape index (κ3) is 12.1. The predicted molar refractivity (Wildman–Crippen MR) is 78.5 cm³/mol. The van der Waals surface area contributed by atoms with Crippen molar-refractivity contribution >= 4 is 5.91 Å². The van der Waals surface area contributed by atoms with Crippen LogP contribution >= 0.6 is 0 Å². The van der Waals surface area contributed by atoms with Crippen LogP contribution in [0.25, 0.3) is 0 Å². The number of nitrogens with two attached hydrogens (primary N) is 1. The summed E-state index contributed by atoms with van der Waals surface area (Å²) in [5, 5.41) is 2.93. The zero-order valence-corrected chi connectivity index (χ0v) is 12.9. The van der Waals surface area contributed by atoms with Crippen LogP contribution in [0.1, 0.15) is 53.4 Å². The van der Waals surface area contributed by atoms with E-state index in [9.17, 15) is 4.79 Å². The molecule has 5 heteroatoms. The molecule has 4 N–H and O–H groups in total. The van der Waals surface area contributed by atoms with Crippen LogP contribution in [0.2, 0.25) is 0 Å². The van der Waals surface area contributed by atoms with E-state index >= 15 is 0 Å². The van der Waals surface area contributed by atoms with Gasteiger partial charge in [-0.2, -0.15) is 0 Å². The number of hydrazine groups is 1. The third-order valence-corrected chi connectivity index (χ3v) is 2.74. The fraction of sp³-hybridized carbons (Fsp3) is 0.929. The van der Waals surface area contributed by atoms with Gasteiger partial charge in [0, 0.05) is 26.1 Å². The SMILES string of the molecule is CC(C)COC(C)(C)CNC(=O)CCCCCNN. The fourth-order valence-corrected chi connectivity index (χ4v) is 1.53. The van der Waals surface area contributed by atoms with Crippen LogP contribution in [0.15, 0.2) is 0 Å². The minimum Gasteiger partial charge on any atom is -0.373 e. The molecular weight excluding hydrogens is 242 g/mol. The Morgan fingerprint density at radius 3 is 2.53 bits per heavy atom. The zero-order chi connectivity index (χ0) is 14.7. The van der Waals surface area contributed by atoms with E-state index in [-0.39, 0.29) is 11.5 Å². The van der Waals surface area contributed by atoms with E-state index in [4.69, 9.17) is 10.6 Å². The zero-order valence-electron chi connectivity index (χ0n) is 12.9. The third-order valence-electron chi connectivity index (χ3n) is 2.74. The first-order chi connectivity index (χ1) is 8.87. The van der Waals surface area contributed by atoms with Gasteiger partial charge < -0.3 is 10.1 Å². The molecule has 114 valence electrons. The largest absolute Gasteiger partial charge is 0.373 e. The molecular formula is C14H31N3O2. The summed E-state index contributed by atoms with van der Waals surface area (Å²) in [6.07, 6.45) is 3.50. The highest BCUT2D eigenvalue weighted by Gasteiger charge is 2.19. The summed E-state index contributed by atoms with van der Waals surface area (Å²) >= 11 is 0. The van der Waals surface area contributed by atoms with E-state index in [0.29, 0.717) is 18.9 Å². The molecule has 0 radical (unpaired) electrons. The topological polar surface area (TPSA) is 76.4 Å². The second kappa shape index (κ2) is 10.2. The first kappa shape index (κ1) is 18.4. The second-order valence-corrected chi connectivity index (χ2v) is 6.01. The summed E-state index contributed by atoms with van der Waals surface area (Å²) in [7, 11) is 0. The van der Waals surface area contributed by atoms with Crippen molar-refractivity contribution in [3.63, 3.8) is 0 Å². The lowest BCUT2D eigenvalue weighted by Crippen LogP contribution is -2.41. The molecule has 0 atom stereocenters. The number of carbonyl (C=O) groups excluding carboxylic acids is 1. The highest BCUT2D eigenvalue weighted by atomic mass is 16.5. The van der Waals surface area contributed by atoms with Gasteiger partial charge in [0.1, 0.15) is 0 Å². The Kier molecular flexibility index (Phi) is 9.83. The van der Waals surface area contributed by atoms with Crippen molar-refractivity contribution in [3.05, 3.63) is 0 Å². The number of ether oxygens (including phenoxy) is 1. The minimum atomic E-state index is -0.302. The maximum Gasteiger partial charge on any atom is 0.220 e. The van der Waals surface area contributed by atoms with Crippen molar-refractivity contribution in [2.45, 2.75) is 59.0 Å². The average Bonchev–Trinajstić information content (AvgIpc) is 2.34. The Bertz CT molecular complexity index is 243. The molecule has 5 nitrogen and oxygen atoms in total. The van der Waals surface area contributed by atoms with Gasteiger partial charge in [-0.05, 0) is 32.6 Å². The molecule has 0 fully saturated rings. The maximum atomic E-state index is 11.7. The highest BCUT2D eigenvalue weighted by molar-refractivity contribution is 5.75. The average molecular weight is 273 g/mol. The van der Waals surface area contributed by atoms with Gasteiger partial charge in [-0.1, -0.05) is 20.3 Å². The molecule has 19 heavy (non-hydrogen) atoms. The van der Waals surface area contributed by atoms with E-state index in [1.807, 2.05) is 13.8 Å². The minimum absolute atomic E-state index is 0.0990. The number of amides is 1. The van der Waals surface area contributed by atoms with E-state index in [0.717, 1.165) is 32.4 Å². The molecule has 0 rings (SSSR count). The molecule has 0 aliphatic rings. The highest BCUT2D eigenvalue weighted by Crippen LogP contribution is 2.10. The number of carbonyl (C=O) groups is 1. The van der Waals surface area contributed by atoms with Crippen molar-refractivity contribution in [2.24, 2.45) is 11.8 Å². The lowest BCUT2D eigenvalue weighted by molar-refractivity contribution is -0.123. The summed E-state index contributed by atoms with van der Waals surface area (Å²) in [5.41, 5.74) is 2.30. The maximum absolute atomic E-state index is 11.7. The lowest BCUT2D eigenvalue weighted by Gasteiger charge is -2.26. The molecule has 0 aliphatic carbocycles. The van der Waals surface area contributed by atoms with Crippen LogP contribution in [-0.4, -0.2) is 31.2 Å². The van der Waals surface area contributed by atoms with Crippen LogP contribution in [0.4, 0.5) is 0 Å². The van der Waals surface area contributed by atoms with Crippen molar-refractivity contribution in [1.82, 2.24) is 10.7 Å². The smallest absolute Gasteiger partial charge is 0.220 e. The van der Waals surface area contributed by atoms with Gasteiger partial charge in [0.2, 0.25) is 5.91 Å². The summed E-state index contributed by atoms with van der Waals surface area (Å²) in [6.45, 7) is 10.3. The molecule has 1 amide bonds. The summed E-state index contributed by atoms with van der Waals surface area (Å²) in [6, 6.07) is 0. The second-order valence-electron chi connectivity index (χ2n) is 6.01. The molecule has 0 spiro atoms. The van der Waals surface area contributed by atoms with Crippen molar-refractivity contribution in [1.29, 1.82) is 0 Å². The van der Waals surface area contributed by atoms with E-state index < -0.39 is 0 Å². The van der Waals surface area contributed by atoms with Crippen LogP contribution < -0.4 is 16.6 Å². The van der Waals surface area contributed by atoms with Gasteiger partial charge in [-0.3, -0.25) is 16.1 Å². The molecule has 0 aromatic carbocycles. The summed E-state index contributed by atoms with van der Waals surface area (Å²) in [5.74, 6) is 5.78. The molecule has 0 unspecified atom stereocenters. The van der Waals surface area contributed by atoms with Crippen LogP contribution in [0, 0.1) is 5.92 Å². The van der Waals surface area contributed by atoms with Crippen LogP contribution in [0.5, 0.6) is 0 Å². The Hall–Kier alpha value is -0.650. The number of hydrogen-bond acceptors (Lipinski definition) is 4. The summed E-state index contributed by atoms with van der Waals surface area (Å²) < 4.78 is 5.76. The number of nitrogens with one attached hydrogen (secondary N) is 2. The standard InChI is InChI=1S/C14H31N3O2/c1-12(2)10-19-14(3,4)11-16-13(18)8-6-5-7-9-17-15/h12,17H,5-11,15H2,1-4H3,(H,16,18). The Morgan fingerprint density at radius 1 is 1.26 bits per heavy atom. The van der Waals surface area contributed by atoms with Gasteiger partial charge in [0.25, 0.3) is 0 Å². The quantitative estimate of drug-likeness (QED) is 0.303. The molecule has 0 heterocycles. The molecule has 0 aliphatic heterocycles. The number of unbranched alkanes of at least 4 members (excludes halogenated alkanes) is 2. The molecule has 0 saturated heterocycles. The van der Waals surface area contributed by atoms with Crippen LogP contribution in [0.3, 0.4) is 0 Å². The van der Waals surface area contributed by atoms with Crippen molar-refractivity contribution in [3.8, 4) is 0 Å². The lowest BCUT2D eigenvalue weighted by atomic mass is 10.1. The first-order valence-corrected chi connectivity index (χ1v) is 7.21. The van der Waals surface area contributed by atoms with E-state index in [2.05, 4.69) is 24.6 Å². The van der Waals surface area contributed by atoms with Gasteiger partial charge in [-0.15, -0.1) is 0 Å². The molecule has 0 aromatic rings. The van der Waals surface area contributed by atoms with Gasteiger partial charge in [0.15, 0.2) is 0 Å². The fourth-order valence-electron chi connectivity index (χ4n) is 1.53. The number of rotatable bonds is 11. The number of hydrogen-bond donors (Lipinski definition) is 3. The Balaban J connectivity index is 3.64. The molecule has 0 bridgehead atoms. The van der Waals surface area contributed by atoms with Crippen molar-refractivity contribution < 1.29 is 9.53 Å². The first-order valence-electron chi connectivity index (χ1n) is 7.21. The monoisotopic (exact) mass is 273 g/mol. The van der Waals surface area contributed by atoms with E-state index in [1.54, 1.807) is 0 Å². The van der Waals surface area contributed by atoms with Gasteiger partial charge in [-0.25, -0.2) is 0 Å². The Labute approximate surface area is 117 Å². The Morgan fingerprint density at radius 2 is 1.95 bits per heavy atom. The van der Waals surface area contributed by atoms with Crippen LogP contribution in [-0.2, 0) is 9.53 Å². The summed E-state index contributed by atoms with van der Waals surface area (Å²) in [4.78, 5) is 11.7. The van der Waals surface area contributed by atoms with Gasteiger partial charge >= 0.3 is 0 Å². The predicted octanol–water partition coefficient (Wildman–Crippen LogP) is 1.58. The molecule has 0 aromatic heterocycles. The van der Waals surface area contributed by atoms with E-state index in [1.165, 1.54) is 0 Å².